The fraction of sp³-hybridized carbons (Fsp3) is 0.750. The molecule has 11 nitrogen and oxygen atoms in total. The third-order valence-corrected chi connectivity index (χ3v) is 10.8. The molecule has 0 aromatic heterocycles. The van der Waals surface area contributed by atoms with Crippen molar-refractivity contribution >= 4 is 23.5 Å². The number of aliphatic hydroxyl groups excluding tert-OH is 1. The molecule has 3 fully saturated rings. The summed E-state index contributed by atoms with van der Waals surface area (Å²) in [6.07, 6.45) is 1.40. The largest absolute Gasteiger partial charge is 0.458 e. The summed E-state index contributed by atoms with van der Waals surface area (Å²) in [7, 11) is 5.47. The highest BCUT2D eigenvalue weighted by molar-refractivity contribution is 6.47. The van der Waals surface area contributed by atoms with Crippen LogP contribution in [-0.2, 0) is 33.4 Å². The van der Waals surface area contributed by atoms with Crippen molar-refractivity contribution in [1.82, 2.24) is 14.7 Å². The van der Waals surface area contributed by atoms with Gasteiger partial charge in [0.2, 0.25) is 11.6 Å². The van der Waals surface area contributed by atoms with Crippen LogP contribution in [-0.4, -0.2) is 129 Å². The number of hydrogen-bond acceptors (Lipinski definition) is 11. The summed E-state index contributed by atoms with van der Waals surface area (Å²) in [6.45, 7) is 10.7. The molecule has 238 valence electrons. The number of carbonyl (C=O) groups excluding carboxylic acids is 4. The third kappa shape index (κ3) is 5.47. The van der Waals surface area contributed by atoms with Crippen molar-refractivity contribution in [2.75, 3.05) is 67.1 Å². The number of aliphatic hydroxyl groups is 1. The van der Waals surface area contributed by atoms with Gasteiger partial charge in [-0.3, -0.25) is 14.4 Å². The standard InChI is InChI=1S/C32H47N3O8/c1-19(36)42-22-16-31(2)21(8-9-23(31)37)25-27(22)32(3)24(18-41-6)43-30(40)20(26(32)29(39)28(25)38)17-34(5)10-7-11-35-14-12-33(4)13-15-35/h17,21-24,26,37H,7-16,18H2,1-6H3. The van der Waals surface area contributed by atoms with Crippen molar-refractivity contribution in [2.45, 2.75) is 64.8 Å². The first kappa shape index (κ1) is 31.8. The Kier molecular flexibility index (Phi) is 8.92. The zero-order valence-corrected chi connectivity index (χ0v) is 26.4. The molecule has 0 bridgehead atoms. The molecule has 2 saturated heterocycles. The number of piperazine rings is 1. The van der Waals surface area contributed by atoms with E-state index in [-0.39, 0.29) is 18.1 Å². The molecule has 0 radical (unpaired) electrons. The molecule has 1 saturated carbocycles. The number of esters is 2. The van der Waals surface area contributed by atoms with Gasteiger partial charge in [-0.2, -0.15) is 0 Å². The Hall–Kier alpha value is -2.60. The van der Waals surface area contributed by atoms with Crippen LogP contribution in [0, 0.1) is 22.7 Å². The van der Waals surface area contributed by atoms with Crippen LogP contribution < -0.4 is 0 Å². The lowest BCUT2D eigenvalue weighted by Crippen LogP contribution is -2.63. The molecular weight excluding hydrogens is 554 g/mol. The summed E-state index contributed by atoms with van der Waals surface area (Å²) in [5.74, 6) is -3.99. The smallest absolute Gasteiger partial charge is 0.336 e. The summed E-state index contributed by atoms with van der Waals surface area (Å²) < 4.78 is 17.4. The van der Waals surface area contributed by atoms with E-state index >= 15 is 0 Å². The number of methoxy groups -OCH3 is 1. The molecule has 2 heterocycles. The molecule has 0 spiro atoms. The lowest BCUT2D eigenvalue weighted by atomic mass is 9.50. The SMILES string of the molecule is COCC1OC(=O)C(=CN(C)CCCN2CCN(C)CC2)C2C(=O)C(=O)C3=C(C(OC(C)=O)CC4(C)C(O)CCC34)C12C. The predicted molar refractivity (Wildman–Crippen MR) is 157 cm³/mol. The molecule has 43 heavy (non-hydrogen) atoms. The molecule has 2 aliphatic heterocycles. The fourth-order valence-electron chi connectivity index (χ4n) is 8.41. The first-order valence-electron chi connectivity index (χ1n) is 15.5. The monoisotopic (exact) mass is 601 g/mol. The predicted octanol–water partition coefficient (Wildman–Crippen LogP) is 1.19. The van der Waals surface area contributed by atoms with Crippen molar-refractivity contribution < 1.29 is 38.5 Å². The van der Waals surface area contributed by atoms with E-state index in [9.17, 15) is 24.3 Å². The Morgan fingerprint density at radius 1 is 1.16 bits per heavy atom. The van der Waals surface area contributed by atoms with Gasteiger partial charge in [0.15, 0.2) is 0 Å². The van der Waals surface area contributed by atoms with Gasteiger partial charge in [-0.25, -0.2) is 4.79 Å². The summed E-state index contributed by atoms with van der Waals surface area (Å²) >= 11 is 0. The summed E-state index contributed by atoms with van der Waals surface area (Å²) in [5.41, 5.74) is -0.941. The topological polar surface area (TPSA) is 126 Å². The third-order valence-electron chi connectivity index (χ3n) is 10.8. The normalized spacial score (nSPS) is 37.6. The fourth-order valence-corrected chi connectivity index (χ4v) is 8.41. The van der Waals surface area contributed by atoms with Gasteiger partial charge in [0.1, 0.15) is 12.2 Å². The number of hydrogen-bond donors (Lipinski definition) is 1. The van der Waals surface area contributed by atoms with Gasteiger partial charge in [0.25, 0.3) is 0 Å². The van der Waals surface area contributed by atoms with E-state index in [0.717, 1.165) is 39.1 Å². The molecule has 5 rings (SSSR count). The van der Waals surface area contributed by atoms with Crippen LogP contribution in [0.15, 0.2) is 22.9 Å². The van der Waals surface area contributed by atoms with E-state index in [1.54, 1.807) is 6.20 Å². The number of Topliss-reactive ketones (excluding diaryl/α,β-unsaturated/α-hetero) is 2. The van der Waals surface area contributed by atoms with Crippen LogP contribution in [0.5, 0.6) is 0 Å². The van der Waals surface area contributed by atoms with E-state index in [2.05, 4.69) is 16.8 Å². The first-order chi connectivity index (χ1) is 20.3. The van der Waals surface area contributed by atoms with Gasteiger partial charge >= 0.3 is 11.9 Å². The van der Waals surface area contributed by atoms with Crippen LogP contribution in [0.2, 0.25) is 0 Å². The number of ketones is 2. The van der Waals surface area contributed by atoms with Gasteiger partial charge in [0, 0.05) is 76.4 Å². The lowest BCUT2D eigenvalue weighted by molar-refractivity contribution is -0.175. The minimum absolute atomic E-state index is 0.00246. The first-order valence-corrected chi connectivity index (χ1v) is 15.5. The number of nitrogens with zero attached hydrogens (tertiary/aromatic N) is 3. The summed E-state index contributed by atoms with van der Waals surface area (Å²) in [6, 6.07) is 0. The zero-order valence-electron chi connectivity index (χ0n) is 26.4. The second-order valence-electron chi connectivity index (χ2n) is 13.6. The van der Waals surface area contributed by atoms with E-state index in [1.165, 1.54) is 14.0 Å². The molecule has 0 aromatic rings. The molecular formula is C32H47N3O8. The lowest BCUT2D eigenvalue weighted by Gasteiger charge is -2.56. The average molecular weight is 602 g/mol. The van der Waals surface area contributed by atoms with Crippen LogP contribution >= 0.6 is 0 Å². The van der Waals surface area contributed by atoms with Crippen molar-refractivity contribution in [3.8, 4) is 0 Å². The summed E-state index contributed by atoms with van der Waals surface area (Å²) in [5, 5.41) is 11.0. The number of likely N-dealkylation sites (N-methyl/N-ethyl adjacent to an activating group) is 1. The molecule has 0 aromatic carbocycles. The Balaban J connectivity index is 1.53. The number of cyclic esters (lactones) is 1. The van der Waals surface area contributed by atoms with Gasteiger partial charge in [-0.15, -0.1) is 0 Å². The van der Waals surface area contributed by atoms with Gasteiger partial charge in [-0.1, -0.05) is 13.8 Å². The zero-order chi connectivity index (χ0) is 31.3. The maximum Gasteiger partial charge on any atom is 0.336 e. The number of fused-ring (bicyclic) bond motifs is 4. The van der Waals surface area contributed by atoms with Gasteiger partial charge in [-0.05, 0) is 50.8 Å². The Labute approximate surface area is 254 Å². The van der Waals surface area contributed by atoms with Gasteiger partial charge in [0.05, 0.1) is 24.2 Å². The Morgan fingerprint density at radius 2 is 1.86 bits per heavy atom. The van der Waals surface area contributed by atoms with Crippen molar-refractivity contribution in [2.24, 2.45) is 22.7 Å². The number of rotatable bonds is 8. The van der Waals surface area contributed by atoms with E-state index < -0.39 is 58.6 Å². The average Bonchev–Trinajstić information content (AvgIpc) is 3.23. The van der Waals surface area contributed by atoms with Crippen LogP contribution in [0.3, 0.4) is 0 Å². The van der Waals surface area contributed by atoms with E-state index in [0.29, 0.717) is 37.0 Å². The van der Waals surface area contributed by atoms with Gasteiger partial charge < -0.3 is 34.0 Å². The van der Waals surface area contributed by atoms with E-state index in [4.69, 9.17) is 14.2 Å². The van der Waals surface area contributed by atoms with E-state index in [1.807, 2.05) is 25.8 Å². The summed E-state index contributed by atoms with van der Waals surface area (Å²) in [4.78, 5) is 60.8. The molecule has 7 atom stereocenters. The van der Waals surface area contributed by atoms with Crippen molar-refractivity contribution in [1.29, 1.82) is 0 Å². The molecule has 0 amide bonds. The maximum absolute atomic E-state index is 14.2. The van der Waals surface area contributed by atoms with Crippen molar-refractivity contribution in [3.05, 3.63) is 22.9 Å². The van der Waals surface area contributed by atoms with Crippen LogP contribution in [0.1, 0.15) is 46.5 Å². The van der Waals surface area contributed by atoms with Crippen LogP contribution in [0.25, 0.3) is 0 Å². The maximum atomic E-state index is 14.2. The molecule has 5 aliphatic rings. The molecule has 11 heteroatoms. The van der Waals surface area contributed by atoms with Crippen molar-refractivity contribution in [3.63, 3.8) is 0 Å². The number of allylic oxidation sites excluding steroid dienone is 1. The second kappa shape index (κ2) is 12.1. The molecule has 7 unspecified atom stereocenters. The Morgan fingerprint density at radius 3 is 2.51 bits per heavy atom. The Bertz CT molecular complexity index is 1220. The number of ether oxygens (including phenoxy) is 3. The highest BCUT2D eigenvalue weighted by atomic mass is 16.6. The highest BCUT2D eigenvalue weighted by Crippen LogP contribution is 2.63. The second-order valence-corrected chi connectivity index (χ2v) is 13.6. The molecule has 3 aliphatic carbocycles. The van der Waals surface area contributed by atoms with Crippen LogP contribution in [0.4, 0.5) is 0 Å². The number of carbonyl (C=O) groups is 4. The minimum Gasteiger partial charge on any atom is -0.458 e. The molecule has 1 N–H and O–H groups in total. The minimum atomic E-state index is -1.19. The highest BCUT2D eigenvalue weighted by Gasteiger charge is 2.67. The quantitative estimate of drug-likeness (QED) is 0.245.